The molecular weight excluding hydrogens is 590 g/mol. The van der Waals surface area contributed by atoms with Crippen LogP contribution in [0.2, 0.25) is 0 Å². The van der Waals surface area contributed by atoms with Crippen LogP contribution in [0.5, 0.6) is 11.8 Å². The number of nitrogens with zero attached hydrogens (tertiary/aromatic N) is 5. The summed E-state index contributed by atoms with van der Waals surface area (Å²) in [5.74, 6) is 1.39. The monoisotopic (exact) mass is 635 g/mol. The molecule has 3 N–H and O–H groups in total. The lowest BCUT2D eigenvalue weighted by Gasteiger charge is -2.42. The van der Waals surface area contributed by atoms with Gasteiger partial charge in [-0.05, 0) is 91.9 Å². The van der Waals surface area contributed by atoms with Crippen LogP contribution >= 0.6 is 0 Å². The minimum Gasteiger partial charge on any atom is -0.508 e. The van der Waals surface area contributed by atoms with Crippen molar-refractivity contribution < 1.29 is 14.6 Å². The van der Waals surface area contributed by atoms with Crippen molar-refractivity contribution in [3.8, 4) is 22.9 Å². The number of rotatable bonds is 8. The third-order valence-electron chi connectivity index (χ3n) is 10.8. The van der Waals surface area contributed by atoms with Crippen LogP contribution in [0.3, 0.4) is 0 Å². The van der Waals surface area contributed by atoms with Gasteiger partial charge in [-0.25, -0.2) is 0 Å². The highest BCUT2D eigenvalue weighted by Crippen LogP contribution is 2.40. The highest BCUT2D eigenvalue weighted by molar-refractivity contribution is 6.01. The molecule has 0 saturated carbocycles. The number of aromatic hydroxyl groups is 1. The first-order chi connectivity index (χ1) is 23.0. The molecule has 4 aromatic rings. The van der Waals surface area contributed by atoms with Gasteiger partial charge in [0.2, 0.25) is 5.91 Å². The quantitative estimate of drug-likeness (QED) is 0.263. The van der Waals surface area contributed by atoms with Crippen LogP contribution in [0.25, 0.3) is 32.8 Å². The Hall–Kier alpha value is -3.99. The lowest BCUT2D eigenvalue weighted by Crippen LogP contribution is -2.56. The number of fused-ring (bicyclic) bond motifs is 4. The molecule has 0 radical (unpaired) electrons. The first-order valence-corrected chi connectivity index (χ1v) is 17.4. The van der Waals surface area contributed by atoms with Gasteiger partial charge < -0.3 is 35.2 Å². The van der Waals surface area contributed by atoms with Crippen molar-refractivity contribution in [2.45, 2.75) is 62.7 Å². The van der Waals surface area contributed by atoms with Crippen molar-refractivity contribution in [1.29, 1.82) is 0 Å². The summed E-state index contributed by atoms with van der Waals surface area (Å²) >= 11 is 0. The van der Waals surface area contributed by atoms with Crippen LogP contribution in [-0.2, 0) is 4.79 Å². The Kier molecular flexibility index (Phi) is 8.33. The zero-order valence-corrected chi connectivity index (χ0v) is 27.2. The number of piperazine rings is 2. The number of carbonyl (C=O) groups is 1. The average Bonchev–Trinajstić information content (AvgIpc) is 3.63. The molecule has 4 saturated heterocycles. The molecule has 47 heavy (non-hydrogen) atoms. The van der Waals surface area contributed by atoms with Crippen LogP contribution in [0.1, 0.15) is 38.5 Å². The number of ether oxygens (including phenoxy) is 1. The molecule has 246 valence electrons. The van der Waals surface area contributed by atoms with E-state index in [0.29, 0.717) is 44.2 Å². The smallest absolute Gasteiger partial charge is 0.319 e. The third-order valence-corrected chi connectivity index (χ3v) is 10.8. The van der Waals surface area contributed by atoms with E-state index >= 15 is 0 Å². The molecule has 4 fully saturated rings. The van der Waals surface area contributed by atoms with Gasteiger partial charge in [0.15, 0.2) is 0 Å². The maximum Gasteiger partial charge on any atom is 0.319 e. The van der Waals surface area contributed by atoms with E-state index in [0.717, 1.165) is 90.5 Å². The third kappa shape index (κ3) is 6.10. The number of nitrogens with one attached hydrogen (secondary N) is 2. The second-order valence-electron chi connectivity index (χ2n) is 13.8. The summed E-state index contributed by atoms with van der Waals surface area (Å²) in [6.07, 6.45) is 5.80. The number of hydrogen-bond donors (Lipinski definition) is 3. The van der Waals surface area contributed by atoms with E-state index in [9.17, 15) is 9.90 Å². The Morgan fingerprint density at radius 3 is 2.64 bits per heavy atom. The number of phenolic OH excluding ortho intramolecular Hbond substituents is 1. The fraction of sp³-hybridized carbons (Fsp3) is 0.486. The zero-order chi connectivity index (χ0) is 31.9. The van der Waals surface area contributed by atoms with Crippen molar-refractivity contribution in [1.82, 2.24) is 30.4 Å². The number of carbonyl (C=O) groups excluding carboxylic acids is 1. The molecule has 1 unspecified atom stereocenters. The number of benzene rings is 3. The Bertz CT molecular complexity index is 1760. The number of likely N-dealkylation sites (tertiary alicyclic amines) is 2. The van der Waals surface area contributed by atoms with Crippen molar-refractivity contribution in [3.63, 3.8) is 0 Å². The fourth-order valence-corrected chi connectivity index (χ4v) is 8.24. The first kappa shape index (κ1) is 30.4. The molecule has 10 heteroatoms. The molecule has 3 aromatic carbocycles. The molecule has 2 bridgehead atoms. The van der Waals surface area contributed by atoms with Crippen molar-refractivity contribution in [2.24, 2.45) is 0 Å². The second kappa shape index (κ2) is 12.9. The lowest BCUT2D eigenvalue weighted by atomic mass is 9.97. The van der Waals surface area contributed by atoms with Gasteiger partial charge in [-0.3, -0.25) is 4.79 Å². The van der Waals surface area contributed by atoms with Gasteiger partial charge in [0, 0.05) is 68.7 Å². The number of likely N-dealkylation sites (N-methyl/N-ethyl adjacent to an activating group) is 1. The predicted molar refractivity (Wildman–Crippen MR) is 185 cm³/mol. The fourth-order valence-electron chi connectivity index (χ4n) is 8.24. The van der Waals surface area contributed by atoms with E-state index in [1.165, 1.54) is 6.42 Å². The van der Waals surface area contributed by atoms with Crippen LogP contribution < -0.4 is 20.3 Å². The van der Waals surface area contributed by atoms with Gasteiger partial charge in [0.1, 0.15) is 18.2 Å². The van der Waals surface area contributed by atoms with Gasteiger partial charge in [0.05, 0.1) is 5.52 Å². The number of hydrogen-bond acceptors (Lipinski definition) is 9. The van der Waals surface area contributed by atoms with Gasteiger partial charge in [-0.1, -0.05) is 30.3 Å². The van der Waals surface area contributed by atoms with Crippen LogP contribution in [0.15, 0.2) is 54.6 Å². The summed E-state index contributed by atoms with van der Waals surface area (Å²) in [7, 11) is 2.15. The molecular formula is C37H45N7O3. The standard InChI is InChI=1S/C37H45N7O3/c1-42-16-4-6-29(42)23-47-37-40-34-18-25(33-19-30(45)17-24-5-2-3-7-31(24)33)8-12-32(34)36(41-37)44-27-10-11-28(44)22-43(21-27)35(46)13-9-26-20-38-14-15-39-26/h2-3,5,7-8,12,17-19,26-29,38-39,45H,4,6,9-11,13-16,20-23H2,1H3/t26?,27-,28+,29-/m0/s1. The summed E-state index contributed by atoms with van der Waals surface area (Å²) in [5, 5.41) is 20.6. The Balaban J connectivity index is 1.11. The summed E-state index contributed by atoms with van der Waals surface area (Å²) in [6.45, 7) is 5.95. The van der Waals surface area contributed by atoms with Gasteiger partial charge >= 0.3 is 6.01 Å². The normalized spacial score (nSPS) is 24.8. The van der Waals surface area contributed by atoms with E-state index in [-0.39, 0.29) is 23.7 Å². The highest BCUT2D eigenvalue weighted by atomic mass is 16.5. The van der Waals surface area contributed by atoms with Gasteiger partial charge in [0.25, 0.3) is 0 Å². The Labute approximate surface area is 276 Å². The molecule has 4 atom stereocenters. The average molecular weight is 636 g/mol. The van der Waals surface area contributed by atoms with Crippen LogP contribution in [0, 0.1) is 0 Å². The van der Waals surface area contributed by atoms with Crippen molar-refractivity contribution in [3.05, 3.63) is 54.6 Å². The molecule has 1 aromatic heterocycles. The number of aromatic nitrogens is 2. The molecule has 4 aliphatic heterocycles. The van der Waals surface area contributed by atoms with Crippen LogP contribution in [0.4, 0.5) is 5.82 Å². The molecule has 4 aliphatic rings. The Morgan fingerprint density at radius 1 is 1.00 bits per heavy atom. The number of amides is 1. The van der Waals surface area contributed by atoms with E-state index in [2.05, 4.69) is 56.6 Å². The number of anilines is 1. The van der Waals surface area contributed by atoms with E-state index < -0.39 is 0 Å². The minimum absolute atomic E-state index is 0.203. The molecule has 0 spiro atoms. The van der Waals surface area contributed by atoms with E-state index in [1.54, 1.807) is 6.07 Å². The van der Waals surface area contributed by atoms with Crippen LogP contribution in [-0.4, -0.2) is 108 Å². The zero-order valence-electron chi connectivity index (χ0n) is 27.2. The molecule has 0 aliphatic carbocycles. The van der Waals surface area contributed by atoms with E-state index in [4.69, 9.17) is 14.7 Å². The summed E-state index contributed by atoms with van der Waals surface area (Å²) in [4.78, 5) is 30.4. The molecule has 1 amide bonds. The van der Waals surface area contributed by atoms with E-state index in [1.807, 2.05) is 24.3 Å². The maximum atomic E-state index is 13.4. The van der Waals surface area contributed by atoms with Crippen molar-refractivity contribution in [2.75, 3.05) is 57.8 Å². The van der Waals surface area contributed by atoms with Crippen molar-refractivity contribution >= 4 is 33.4 Å². The minimum atomic E-state index is 0.203. The topological polar surface area (TPSA) is 106 Å². The summed E-state index contributed by atoms with van der Waals surface area (Å²) in [5.41, 5.74) is 2.77. The summed E-state index contributed by atoms with van der Waals surface area (Å²) in [6, 6.07) is 19.6. The first-order valence-electron chi connectivity index (χ1n) is 17.4. The molecule has 10 nitrogen and oxygen atoms in total. The number of phenols is 1. The predicted octanol–water partition coefficient (Wildman–Crippen LogP) is 4.15. The second-order valence-corrected chi connectivity index (χ2v) is 13.8. The lowest BCUT2D eigenvalue weighted by molar-refractivity contribution is -0.132. The SMILES string of the molecule is CN1CCC[C@H]1COc1nc(N2[C@@H]3CC[C@H]2CN(C(=O)CCC2CNCCN2)C3)c2ccc(-c3cc(O)cc4ccccc34)cc2n1. The van der Waals surface area contributed by atoms with Gasteiger partial charge in [-0.15, -0.1) is 0 Å². The summed E-state index contributed by atoms with van der Waals surface area (Å²) < 4.78 is 6.37. The largest absolute Gasteiger partial charge is 0.508 e. The molecule has 5 heterocycles. The molecule has 8 rings (SSSR count). The Morgan fingerprint density at radius 2 is 1.85 bits per heavy atom. The highest BCUT2D eigenvalue weighted by Gasteiger charge is 2.43. The van der Waals surface area contributed by atoms with Gasteiger partial charge in [-0.2, -0.15) is 9.97 Å². The maximum absolute atomic E-state index is 13.4.